The molecule has 1 unspecified atom stereocenters. The fourth-order valence-corrected chi connectivity index (χ4v) is 1.92. The van der Waals surface area contributed by atoms with E-state index in [1.54, 1.807) is 0 Å². The first-order valence-electron chi connectivity index (χ1n) is 6.55. The van der Waals surface area contributed by atoms with Gasteiger partial charge in [-0.1, -0.05) is 18.5 Å². The van der Waals surface area contributed by atoms with Gasteiger partial charge in [-0.05, 0) is 19.0 Å². The summed E-state index contributed by atoms with van der Waals surface area (Å²) >= 11 is 5.78. The lowest BCUT2D eigenvalue weighted by Crippen LogP contribution is -2.42. The van der Waals surface area contributed by atoms with Crippen LogP contribution < -0.4 is 15.8 Å². The van der Waals surface area contributed by atoms with Crippen LogP contribution in [0.1, 0.15) is 19.8 Å². The molecule has 1 rings (SSSR count). The van der Waals surface area contributed by atoms with E-state index < -0.39 is 16.9 Å². The molecule has 8 heteroatoms. The van der Waals surface area contributed by atoms with Crippen molar-refractivity contribution >= 4 is 23.2 Å². The topological polar surface area (TPSA) is 107 Å². The van der Waals surface area contributed by atoms with Crippen LogP contribution in [-0.2, 0) is 4.79 Å². The Labute approximate surface area is 127 Å². The molecule has 3 N–H and O–H groups in total. The summed E-state index contributed by atoms with van der Waals surface area (Å²) in [5.41, 5.74) is 5.10. The summed E-state index contributed by atoms with van der Waals surface area (Å²) in [5.74, 6) is -0.0295. The minimum atomic E-state index is -0.566. The fraction of sp³-hybridized carbons (Fsp3) is 0.462. The summed E-state index contributed by atoms with van der Waals surface area (Å²) in [6.45, 7) is 2.93. The van der Waals surface area contributed by atoms with Gasteiger partial charge in [0.05, 0.1) is 17.6 Å². The Bertz CT molecular complexity index is 510. The van der Waals surface area contributed by atoms with Gasteiger partial charge in [0, 0.05) is 18.6 Å². The maximum Gasteiger partial charge on any atom is 0.288 e. The number of hydrogen-bond donors (Lipinski definition) is 2. The highest BCUT2D eigenvalue weighted by Crippen LogP contribution is 2.28. The number of nitro groups is 1. The second-order valence-corrected chi connectivity index (χ2v) is 4.82. The quantitative estimate of drug-likeness (QED) is 0.534. The van der Waals surface area contributed by atoms with Gasteiger partial charge in [0.1, 0.15) is 10.8 Å². The van der Waals surface area contributed by atoms with E-state index in [2.05, 4.69) is 5.32 Å². The molecule has 0 aliphatic carbocycles. The molecule has 0 bridgehead atoms. The average Bonchev–Trinajstić information content (AvgIpc) is 2.41. The van der Waals surface area contributed by atoms with E-state index in [4.69, 9.17) is 22.1 Å². The molecule has 1 aromatic carbocycles. The molecule has 7 nitrogen and oxygen atoms in total. The summed E-state index contributed by atoms with van der Waals surface area (Å²) in [7, 11) is 0. The van der Waals surface area contributed by atoms with Crippen molar-refractivity contribution in [2.24, 2.45) is 5.73 Å². The van der Waals surface area contributed by atoms with Crippen LogP contribution in [0.3, 0.4) is 0 Å². The van der Waals surface area contributed by atoms with Gasteiger partial charge in [0.2, 0.25) is 5.91 Å². The van der Waals surface area contributed by atoms with Crippen molar-refractivity contribution in [1.82, 2.24) is 5.32 Å². The van der Waals surface area contributed by atoms with Crippen molar-refractivity contribution in [2.75, 3.05) is 13.2 Å². The lowest BCUT2D eigenvalue weighted by Gasteiger charge is -2.15. The molecule has 21 heavy (non-hydrogen) atoms. The monoisotopic (exact) mass is 315 g/mol. The second-order valence-electron chi connectivity index (χ2n) is 4.42. The molecule has 1 amide bonds. The standard InChI is InChI=1S/C13H18ClN3O4/c1-2-6-16-11(13(15)18)5-7-21-9-3-4-12(17(19)20)10(14)8-9/h3-4,8,11,16H,2,5-7H2,1H3,(H2,15,18). The molecular formula is C13H18ClN3O4. The molecule has 1 atom stereocenters. The van der Waals surface area contributed by atoms with Gasteiger partial charge in [0.25, 0.3) is 5.69 Å². The Hall–Kier alpha value is -1.86. The minimum Gasteiger partial charge on any atom is -0.493 e. The first-order chi connectivity index (χ1) is 9.95. The Morgan fingerprint density at radius 2 is 2.29 bits per heavy atom. The van der Waals surface area contributed by atoms with Gasteiger partial charge < -0.3 is 15.8 Å². The highest BCUT2D eigenvalue weighted by molar-refractivity contribution is 6.32. The van der Waals surface area contributed by atoms with Crippen LogP contribution in [0.25, 0.3) is 0 Å². The smallest absolute Gasteiger partial charge is 0.288 e. The van der Waals surface area contributed by atoms with E-state index in [1.807, 2.05) is 6.92 Å². The van der Waals surface area contributed by atoms with Crippen molar-refractivity contribution in [2.45, 2.75) is 25.8 Å². The number of rotatable bonds is 9. The van der Waals surface area contributed by atoms with Gasteiger partial charge in [-0.25, -0.2) is 0 Å². The van der Waals surface area contributed by atoms with E-state index in [-0.39, 0.29) is 17.3 Å². The number of primary amides is 1. The van der Waals surface area contributed by atoms with Gasteiger partial charge in [-0.3, -0.25) is 14.9 Å². The summed E-state index contributed by atoms with van der Waals surface area (Å²) in [5, 5.41) is 13.7. The molecule has 0 saturated heterocycles. The van der Waals surface area contributed by atoms with Crippen molar-refractivity contribution in [1.29, 1.82) is 0 Å². The molecule has 0 aliphatic rings. The number of nitrogens with zero attached hydrogens (tertiary/aromatic N) is 1. The van der Waals surface area contributed by atoms with Crippen LogP contribution in [0, 0.1) is 10.1 Å². The minimum absolute atomic E-state index is 0.00746. The molecule has 0 fully saturated rings. The van der Waals surface area contributed by atoms with Crippen LogP contribution in [0.5, 0.6) is 5.75 Å². The third kappa shape index (κ3) is 5.57. The first kappa shape index (κ1) is 17.2. The lowest BCUT2D eigenvalue weighted by molar-refractivity contribution is -0.384. The van der Waals surface area contributed by atoms with E-state index in [0.29, 0.717) is 18.7 Å². The summed E-state index contributed by atoms with van der Waals surface area (Å²) in [6, 6.07) is 3.65. The number of nitro benzene ring substituents is 1. The summed E-state index contributed by atoms with van der Waals surface area (Å²) in [4.78, 5) is 21.3. The molecule has 0 aliphatic heterocycles. The number of carbonyl (C=O) groups excluding carboxylic acids is 1. The van der Waals surface area contributed by atoms with Crippen LogP contribution in [-0.4, -0.2) is 30.0 Å². The summed E-state index contributed by atoms with van der Waals surface area (Å²) in [6.07, 6.45) is 1.30. The molecule has 0 heterocycles. The van der Waals surface area contributed by atoms with Gasteiger partial charge in [0.15, 0.2) is 0 Å². The predicted molar refractivity (Wildman–Crippen MR) is 79.5 cm³/mol. The first-order valence-corrected chi connectivity index (χ1v) is 6.93. The number of amides is 1. The number of benzene rings is 1. The van der Waals surface area contributed by atoms with Crippen LogP contribution in [0.2, 0.25) is 5.02 Å². The Morgan fingerprint density at radius 3 is 2.81 bits per heavy atom. The van der Waals surface area contributed by atoms with Crippen LogP contribution in [0.15, 0.2) is 18.2 Å². The van der Waals surface area contributed by atoms with Gasteiger partial charge in [-0.15, -0.1) is 0 Å². The average molecular weight is 316 g/mol. The number of nitrogens with two attached hydrogens (primary N) is 1. The molecule has 1 aromatic rings. The largest absolute Gasteiger partial charge is 0.493 e. The fourth-order valence-electron chi connectivity index (χ4n) is 1.68. The summed E-state index contributed by atoms with van der Waals surface area (Å²) < 4.78 is 5.43. The van der Waals surface area contributed by atoms with E-state index in [0.717, 1.165) is 6.42 Å². The van der Waals surface area contributed by atoms with Gasteiger partial charge in [-0.2, -0.15) is 0 Å². The van der Waals surface area contributed by atoms with E-state index >= 15 is 0 Å². The molecular weight excluding hydrogens is 298 g/mol. The lowest BCUT2D eigenvalue weighted by atomic mass is 10.2. The molecule has 0 saturated carbocycles. The zero-order valence-electron chi connectivity index (χ0n) is 11.7. The number of ether oxygens (including phenoxy) is 1. The molecule has 0 spiro atoms. The zero-order valence-corrected chi connectivity index (χ0v) is 12.4. The number of hydrogen-bond acceptors (Lipinski definition) is 5. The van der Waals surface area contributed by atoms with E-state index in [1.165, 1.54) is 18.2 Å². The Morgan fingerprint density at radius 1 is 1.57 bits per heavy atom. The number of nitrogens with one attached hydrogen (secondary N) is 1. The Balaban J connectivity index is 2.53. The van der Waals surface area contributed by atoms with Gasteiger partial charge >= 0.3 is 0 Å². The normalized spacial score (nSPS) is 11.9. The zero-order chi connectivity index (χ0) is 15.8. The third-order valence-corrected chi connectivity index (χ3v) is 3.08. The highest BCUT2D eigenvalue weighted by Gasteiger charge is 2.15. The number of carbonyl (C=O) groups is 1. The van der Waals surface area contributed by atoms with Crippen molar-refractivity contribution in [3.8, 4) is 5.75 Å². The maximum absolute atomic E-state index is 11.2. The van der Waals surface area contributed by atoms with Crippen LogP contribution >= 0.6 is 11.6 Å². The highest BCUT2D eigenvalue weighted by atomic mass is 35.5. The predicted octanol–water partition coefficient (Wildman–Crippen LogP) is 1.87. The van der Waals surface area contributed by atoms with Crippen molar-refractivity contribution < 1.29 is 14.5 Å². The third-order valence-electron chi connectivity index (χ3n) is 2.78. The van der Waals surface area contributed by atoms with E-state index in [9.17, 15) is 14.9 Å². The Kier molecular flexibility index (Phi) is 6.90. The van der Waals surface area contributed by atoms with Crippen LogP contribution in [0.4, 0.5) is 5.69 Å². The van der Waals surface area contributed by atoms with Crippen molar-refractivity contribution in [3.05, 3.63) is 33.3 Å². The molecule has 0 aromatic heterocycles. The molecule has 0 radical (unpaired) electrons. The SMILES string of the molecule is CCCNC(CCOc1ccc([N+](=O)[O-])c(Cl)c1)C(N)=O. The maximum atomic E-state index is 11.2. The second kappa shape index (κ2) is 8.43. The number of halogens is 1. The van der Waals surface area contributed by atoms with Crippen molar-refractivity contribution in [3.63, 3.8) is 0 Å². The molecule has 116 valence electrons.